The van der Waals surface area contributed by atoms with E-state index in [-0.39, 0.29) is 0 Å². The monoisotopic (exact) mass is 246 g/mol. The SMILES string of the molecule is COC1CCCN(Cc2cccc3c2NCC3)C1. The Bertz CT molecular complexity index is 419. The zero-order chi connectivity index (χ0) is 12.4. The van der Waals surface area contributed by atoms with Crippen molar-refractivity contribution in [1.29, 1.82) is 0 Å². The average Bonchev–Trinajstić information content (AvgIpc) is 2.88. The number of fused-ring (bicyclic) bond motifs is 1. The van der Waals surface area contributed by atoms with E-state index < -0.39 is 0 Å². The Kier molecular flexibility index (Phi) is 3.52. The van der Waals surface area contributed by atoms with Crippen LogP contribution in [0, 0.1) is 0 Å². The van der Waals surface area contributed by atoms with Crippen LogP contribution in [0.25, 0.3) is 0 Å². The minimum absolute atomic E-state index is 0.420. The number of piperidine rings is 1. The molecule has 0 bridgehead atoms. The molecule has 1 atom stereocenters. The minimum Gasteiger partial charge on any atom is -0.384 e. The third-order valence-electron chi connectivity index (χ3n) is 4.12. The van der Waals surface area contributed by atoms with Crippen LogP contribution >= 0.6 is 0 Å². The first-order chi connectivity index (χ1) is 8.86. The summed E-state index contributed by atoms with van der Waals surface area (Å²) in [6, 6.07) is 6.69. The molecule has 1 aromatic rings. The van der Waals surface area contributed by atoms with E-state index in [2.05, 4.69) is 28.4 Å². The zero-order valence-electron chi connectivity index (χ0n) is 11.1. The zero-order valence-corrected chi connectivity index (χ0v) is 11.1. The lowest BCUT2D eigenvalue weighted by Gasteiger charge is -2.32. The number of anilines is 1. The van der Waals surface area contributed by atoms with Gasteiger partial charge in [-0.2, -0.15) is 0 Å². The Hall–Kier alpha value is -1.06. The standard InChI is InChI=1S/C15H22N2O/c1-18-14-6-3-9-17(11-14)10-13-5-2-4-12-7-8-16-15(12)13/h2,4-5,14,16H,3,6-11H2,1H3. The number of hydrogen-bond acceptors (Lipinski definition) is 3. The van der Waals surface area contributed by atoms with Crippen molar-refractivity contribution in [2.24, 2.45) is 0 Å². The number of benzene rings is 1. The van der Waals surface area contributed by atoms with Crippen molar-refractivity contribution in [1.82, 2.24) is 4.90 Å². The second-order valence-electron chi connectivity index (χ2n) is 5.36. The highest BCUT2D eigenvalue weighted by Crippen LogP contribution is 2.28. The second-order valence-corrected chi connectivity index (χ2v) is 5.36. The predicted molar refractivity (Wildman–Crippen MR) is 73.9 cm³/mol. The predicted octanol–water partition coefficient (Wildman–Crippen LogP) is 2.27. The number of likely N-dealkylation sites (tertiary alicyclic amines) is 1. The van der Waals surface area contributed by atoms with E-state index in [4.69, 9.17) is 4.74 Å². The Morgan fingerprint density at radius 3 is 3.28 bits per heavy atom. The van der Waals surface area contributed by atoms with Crippen molar-refractivity contribution in [3.63, 3.8) is 0 Å². The molecule has 0 radical (unpaired) electrons. The van der Waals surface area contributed by atoms with Crippen LogP contribution in [0.2, 0.25) is 0 Å². The summed E-state index contributed by atoms with van der Waals surface area (Å²) in [5.41, 5.74) is 4.31. The fourth-order valence-corrected chi connectivity index (χ4v) is 3.13. The molecule has 98 valence electrons. The van der Waals surface area contributed by atoms with Crippen molar-refractivity contribution in [2.45, 2.75) is 31.9 Å². The summed E-state index contributed by atoms with van der Waals surface area (Å²) in [5, 5.41) is 3.53. The number of rotatable bonds is 3. The molecule has 1 aromatic carbocycles. The van der Waals surface area contributed by atoms with E-state index in [0.717, 1.165) is 19.6 Å². The number of para-hydroxylation sites is 1. The second kappa shape index (κ2) is 5.29. The largest absolute Gasteiger partial charge is 0.384 e. The van der Waals surface area contributed by atoms with Gasteiger partial charge in [0.25, 0.3) is 0 Å². The molecule has 1 fully saturated rings. The highest BCUT2D eigenvalue weighted by atomic mass is 16.5. The van der Waals surface area contributed by atoms with Gasteiger partial charge in [0.15, 0.2) is 0 Å². The number of methoxy groups -OCH3 is 1. The maximum Gasteiger partial charge on any atom is 0.0698 e. The van der Waals surface area contributed by atoms with E-state index in [0.29, 0.717) is 6.10 Å². The van der Waals surface area contributed by atoms with Crippen LogP contribution in [0.3, 0.4) is 0 Å². The summed E-state index contributed by atoms with van der Waals surface area (Å²) < 4.78 is 5.49. The number of hydrogen-bond donors (Lipinski definition) is 1. The van der Waals surface area contributed by atoms with Crippen LogP contribution in [-0.4, -0.2) is 37.7 Å². The van der Waals surface area contributed by atoms with Gasteiger partial charge in [-0.05, 0) is 36.9 Å². The van der Waals surface area contributed by atoms with Crippen LogP contribution in [0.15, 0.2) is 18.2 Å². The first-order valence-electron chi connectivity index (χ1n) is 6.96. The minimum atomic E-state index is 0.420. The van der Waals surface area contributed by atoms with Gasteiger partial charge in [-0.3, -0.25) is 4.90 Å². The van der Waals surface area contributed by atoms with Gasteiger partial charge in [0, 0.05) is 32.4 Å². The first kappa shape index (κ1) is 12.0. The third kappa shape index (κ3) is 2.38. The van der Waals surface area contributed by atoms with Gasteiger partial charge in [-0.25, -0.2) is 0 Å². The molecule has 3 rings (SSSR count). The van der Waals surface area contributed by atoms with Crippen molar-refractivity contribution in [3.8, 4) is 0 Å². The number of ether oxygens (including phenoxy) is 1. The Morgan fingerprint density at radius 1 is 1.44 bits per heavy atom. The topological polar surface area (TPSA) is 24.5 Å². The molecule has 2 aliphatic heterocycles. The van der Waals surface area contributed by atoms with E-state index in [1.54, 1.807) is 0 Å². The summed E-state index contributed by atoms with van der Waals surface area (Å²) in [5.74, 6) is 0. The van der Waals surface area contributed by atoms with Gasteiger partial charge >= 0.3 is 0 Å². The van der Waals surface area contributed by atoms with Crippen molar-refractivity contribution in [2.75, 3.05) is 32.1 Å². The van der Waals surface area contributed by atoms with E-state index >= 15 is 0 Å². The van der Waals surface area contributed by atoms with Crippen LogP contribution in [0.5, 0.6) is 0 Å². The quantitative estimate of drug-likeness (QED) is 0.885. The van der Waals surface area contributed by atoms with Crippen LogP contribution in [0.1, 0.15) is 24.0 Å². The fraction of sp³-hybridized carbons (Fsp3) is 0.600. The molecule has 1 unspecified atom stereocenters. The smallest absolute Gasteiger partial charge is 0.0698 e. The van der Waals surface area contributed by atoms with Gasteiger partial charge in [0.1, 0.15) is 0 Å². The highest BCUT2D eigenvalue weighted by Gasteiger charge is 2.21. The van der Waals surface area contributed by atoms with Crippen molar-refractivity contribution < 1.29 is 4.74 Å². The molecular formula is C15H22N2O. The maximum atomic E-state index is 5.49. The Labute approximate surface area is 109 Å². The van der Waals surface area contributed by atoms with Crippen molar-refractivity contribution >= 4 is 5.69 Å². The van der Waals surface area contributed by atoms with E-state index in [9.17, 15) is 0 Å². The third-order valence-corrected chi connectivity index (χ3v) is 4.12. The molecule has 0 amide bonds. The summed E-state index contributed by atoms with van der Waals surface area (Å²) in [7, 11) is 1.83. The summed E-state index contributed by atoms with van der Waals surface area (Å²) >= 11 is 0. The fourth-order valence-electron chi connectivity index (χ4n) is 3.13. The van der Waals surface area contributed by atoms with Gasteiger partial charge in [0.05, 0.1) is 6.10 Å². The molecule has 0 aromatic heterocycles. The Balaban J connectivity index is 1.71. The lowest BCUT2D eigenvalue weighted by molar-refractivity contribution is 0.0286. The summed E-state index contributed by atoms with van der Waals surface area (Å²) in [4.78, 5) is 2.52. The van der Waals surface area contributed by atoms with Gasteiger partial charge in [-0.15, -0.1) is 0 Å². The van der Waals surface area contributed by atoms with Crippen LogP contribution in [-0.2, 0) is 17.7 Å². The molecule has 0 spiro atoms. The number of nitrogens with zero attached hydrogens (tertiary/aromatic N) is 1. The van der Waals surface area contributed by atoms with Crippen LogP contribution < -0.4 is 5.32 Å². The van der Waals surface area contributed by atoms with Gasteiger partial charge in [-0.1, -0.05) is 18.2 Å². The van der Waals surface area contributed by atoms with Crippen molar-refractivity contribution in [3.05, 3.63) is 29.3 Å². The lowest BCUT2D eigenvalue weighted by Crippen LogP contribution is -2.38. The van der Waals surface area contributed by atoms with Gasteiger partial charge < -0.3 is 10.1 Å². The lowest BCUT2D eigenvalue weighted by atomic mass is 10.0. The molecule has 0 aliphatic carbocycles. The molecule has 18 heavy (non-hydrogen) atoms. The molecule has 1 saturated heterocycles. The molecule has 3 heteroatoms. The maximum absolute atomic E-state index is 5.49. The molecule has 3 nitrogen and oxygen atoms in total. The van der Waals surface area contributed by atoms with Crippen LogP contribution in [0.4, 0.5) is 5.69 Å². The highest BCUT2D eigenvalue weighted by molar-refractivity contribution is 5.61. The first-order valence-corrected chi connectivity index (χ1v) is 6.96. The summed E-state index contributed by atoms with van der Waals surface area (Å²) in [6.07, 6.45) is 4.05. The summed E-state index contributed by atoms with van der Waals surface area (Å²) in [6.45, 7) is 4.41. The van der Waals surface area contributed by atoms with E-state index in [1.165, 1.54) is 42.6 Å². The molecule has 1 N–H and O–H groups in total. The molecule has 2 heterocycles. The molecular weight excluding hydrogens is 224 g/mol. The number of nitrogens with one attached hydrogen (secondary N) is 1. The Morgan fingerprint density at radius 2 is 2.39 bits per heavy atom. The van der Waals surface area contributed by atoms with E-state index in [1.807, 2.05) is 7.11 Å². The molecule has 0 saturated carbocycles. The molecule has 2 aliphatic rings. The normalized spacial score (nSPS) is 23.7. The average molecular weight is 246 g/mol. The van der Waals surface area contributed by atoms with Gasteiger partial charge in [0.2, 0.25) is 0 Å².